The fourth-order valence-corrected chi connectivity index (χ4v) is 10.1. The molecule has 0 aliphatic heterocycles. The average molecular weight is 944 g/mol. The van der Waals surface area contributed by atoms with E-state index in [0.29, 0.717) is 12.8 Å². The predicted octanol–water partition coefficient (Wildman–Crippen LogP) is 17.7. The number of nitrogens with one attached hydrogen (secondary N) is 1. The molecular formula is C56H115N2O6P. The zero-order chi connectivity index (χ0) is 47.4. The molecular weight excluding hydrogens is 828 g/mol. The topological polar surface area (TPSA) is 131 Å². The summed E-state index contributed by atoms with van der Waals surface area (Å²) in [6.45, 7) is 4.27. The monoisotopic (exact) mass is 943 g/mol. The van der Waals surface area contributed by atoms with Gasteiger partial charge in [-0.3, -0.25) is 13.8 Å². The number of unbranched alkanes of at least 4 members (excludes halogenated alkanes) is 44. The SMILES string of the molecule is CCCCCCCCCCCCCCCCCCCCCCCCCCCCCCCC(=O)N[C@@H](COP(=O)(O)OCCN)[C@H](O)CCCCCCCCCCCCCCCCCCC. The highest BCUT2D eigenvalue weighted by atomic mass is 31.2. The van der Waals surface area contributed by atoms with Crippen LogP contribution < -0.4 is 11.1 Å². The van der Waals surface area contributed by atoms with Crippen LogP contribution in [0.2, 0.25) is 0 Å². The molecule has 9 heteroatoms. The molecule has 1 amide bonds. The van der Waals surface area contributed by atoms with Gasteiger partial charge in [-0.2, -0.15) is 0 Å². The molecule has 0 spiro atoms. The minimum atomic E-state index is -4.32. The maximum atomic E-state index is 12.9. The molecule has 0 aromatic rings. The van der Waals surface area contributed by atoms with Crippen molar-refractivity contribution < 1.29 is 28.4 Å². The lowest BCUT2D eigenvalue weighted by Crippen LogP contribution is -2.46. The molecule has 1 unspecified atom stereocenters. The van der Waals surface area contributed by atoms with Gasteiger partial charge in [-0.25, -0.2) is 4.57 Å². The number of phosphoric ester groups is 1. The number of hydrogen-bond donors (Lipinski definition) is 4. The van der Waals surface area contributed by atoms with Crippen molar-refractivity contribution in [2.24, 2.45) is 5.73 Å². The average Bonchev–Trinajstić information content (AvgIpc) is 3.30. The maximum Gasteiger partial charge on any atom is 0.472 e. The van der Waals surface area contributed by atoms with Crippen LogP contribution in [0.5, 0.6) is 0 Å². The third kappa shape index (κ3) is 51.2. The smallest absolute Gasteiger partial charge is 0.391 e. The van der Waals surface area contributed by atoms with E-state index in [0.717, 1.165) is 38.5 Å². The summed E-state index contributed by atoms with van der Waals surface area (Å²) in [4.78, 5) is 22.9. The van der Waals surface area contributed by atoms with Crippen LogP contribution in [0.1, 0.15) is 322 Å². The molecule has 0 aromatic carbocycles. The molecule has 65 heavy (non-hydrogen) atoms. The largest absolute Gasteiger partial charge is 0.472 e. The highest BCUT2D eigenvalue weighted by Gasteiger charge is 2.27. The second-order valence-electron chi connectivity index (χ2n) is 20.2. The van der Waals surface area contributed by atoms with E-state index >= 15 is 0 Å². The Labute approximate surface area is 405 Å². The highest BCUT2D eigenvalue weighted by molar-refractivity contribution is 7.47. The minimum absolute atomic E-state index is 0.0929. The standard InChI is InChI=1S/C56H115N2O6P/c1-3-5-7-9-11-13-15-17-19-21-22-23-24-25-26-27-28-29-30-31-32-34-36-38-40-42-44-46-48-50-56(60)58-54(53-64-65(61,62)63-52-51-57)55(59)49-47-45-43-41-39-37-35-33-20-18-16-14-12-10-8-6-4-2/h54-55,59H,3-53,57H2,1-2H3,(H,58,60)(H,61,62)/t54-,55+/m0/s1. The van der Waals surface area contributed by atoms with Crippen LogP contribution in [0.25, 0.3) is 0 Å². The second-order valence-corrected chi connectivity index (χ2v) is 21.7. The Morgan fingerprint density at radius 1 is 0.446 bits per heavy atom. The van der Waals surface area contributed by atoms with Gasteiger partial charge in [0.2, 0.25) is 5.91 Å². The Kier molecular flexibility index (Phi) is 52.5. The molecule has 0 rings (SSSR count). The van der Waals surface area contributed by atoms with Gasteiger partial charge in [-0.15, -0.1) is 0 Å². The summed E-state index contributed by atoms with van der Waals surface area (Å²) in [5.74, 6) is -0.152. The van der Waals surface area contributed by atoms with Gasteiger partial charge in [-0.05, 0) is 12.8 Å². The van der Waals surface area contributed by atoms with Crippen LogP contribution in [-0.4, -0.2) is 47.8 Å². The summed E-state index contributed by atoms with van der Waals surface area (Å²) in [6.07, 6.45) is 61.5. The van der Waals surface area contributed by atoms with Crippen molar-refractivity contribution in [3.8, 4) is 0 Å². The summed E-state index contributed by atoms with van der Waals surface area (Å²) in [7, 11) is -4.32. The van der Waals surface area contributed by atoms with Crippen LogP contribution >= 0.6 is 7.82 Å². The Bertz CT molecular complexity index is 988. The molecule has 0 saturated carbocycles. The van der Waals surface area contributed by atoms with Crippen molar-refractivity contribution in [1.29, 1.82) is 0 Å². The Morgan fingerprint density at radius 2 is 0.708 bits per heavy atom. The number of aliphatic hydroxyl groups excluding tert-OH is 1. The van der Waals surface area contributed by atoms with Crippen molar-refractivity contribution in [3.63, 3.8) is 0 Å². The third-order valence-electron chi connectivity index (χ3n) is 13.7. The van der Waals surface area contributed by atoms with Crippen LogP contribution in [0, 0.1) is 0 Å². The predicted molar refractivity (Wildman–Crippen MR) is 282 cm³/mol. The normalized spacial score (nSPS) is 13.6. The summed E-state index contributed by atoms with van der Waals surface area (Å²) >= 11 is 0. The van der Waals surface area contributed by atoms with Gasteiger partial charge in [0.1, 0.15) is 0 Å². The first kappa shape index (κ1) is 64.5. The first-order valence-corrected chi connectivity index (χ1v) is 30.6. The van der Waals surface area contributed by atoms with Gasteiger partial charge in [0.25, 0.3) is 0 Å². The molecule has 0 bridgehead atoms. The number of aliphatic hydroxyl groups is 1. The zero-order valence-corrected chi connectivity index (χ0v) is 44.7. The summed E-state index contributed by atoms with van der Waals surface area (Å²) in [5.41, 5.74) is 5.41. The number of carbonyl (C=O) groups is 1. The molecule has 0 heterocycles. The number of phosphoric acid groups is 1. The number of amides is 1. The molecule has 3 atom stereocenters. The third-order valence-corrected chi connectivity index (χ3v) is 14.7. The van der Waals surface area contributed by atoms with E-state index < -0.39 is 20.0 Å². The molecule has 0 fully saturated rings. The Morgan fingerprint density at radius 3 is 0.985 bits per heavy atom. The number of hydrogen-bond acceptors (Lipinski definition) is 6. The first-order valence-electron chi connectivity index (χ1n) is 29.2. The number of nitrogens with two attached hydrogens (primary N) is 1. The van der Waals surface area contributed by atoms with Crippen LogP contribution in [0.4, 0.5) is 0 Å². The molecule has 0 saturated heterocycles. The van der Waals surface area contributed by atoms with Gasteiger partial charge < -0.3 is 21.1 Å². The molecule has 8 nitrogen and oxygen atoms in total. The van der Waals surface area contributed by atoms with Gasteiger partial charge >= 0.3 is 7.82 Å². The summed E-state index contributed by atoms with van der Waals surface area (Å²) in [5, 5.41) is 13.9. The van der Waals surface area contributed by atoms with Gasteiger partial charge in [-0.1, -0.05) is 303 Å². The number of carbonyl (C=O) groups excluding carboxylic acids is 1. The molecule has 0 aliphatic carbocycles. The van der Waals surface area contributed by atoms with Gasteiger partial charge in [0.15, 0.2) is 0 Å². The van der Waals surface area contributed by atoms with E-state index in [2.05, 4.69) is 19.2 Å². The Hall–Kier alpha value is -0.500. The van der Waals surface area contributed by atoms with E-state index in [1.807, 2.05) is 0 Å². The van der Waals surface area contributed by atoms with E-state index in [-0.39, 0.29) is 25.7 Å². The lowest BCUT2D eigenvalue weighted by molar-refractivity contribution is -0.123. The Balaban J connectivity index is 3.86. The van der Waals surface area contributed by atoms with Crippen molar-refractivity contribution in [1.82, 2.24) is 5.32 Å². The maximum absolute atomic E-state index is 12.9. The van der Waals surface area contributed by atoms with Gasteiger partial charge in [0.05, 0.1) is 25.4 Å². The zero-order valence-electron chi connectivity index (χ0n) is 43.8. The first-order chi connectivity index (χ1) is 31.9. The lowest BCUT2D eigenvalue weighted by Gasteiger charge is -2.25. The molecule has 390 valence electrons. The molecule has 0 radical (unpaired) electrons. The van der Waals surface area contributed by atoms with Gasteiger partial charge in [0, 0.05) is 13.0 Å². The van der Waals surface area contributed by atoms with E-state index in [1.54, 1.807) is 0 Å². The minimum Gasteiger partial charge on any atom is -0.391 e. The van der Waals surface area contributed by atoms with Crippen molar-refractivity contribution >= 4 is 13.7 Å². The highest BCUT2D eigenvalue weighted by Crippen LogP contribution is 2.43. The van der Waals surface area contributed by atoms with E-state index in [9.17, 15) is 19.4 Å². The lowest BCUT2D eigenvalue weighted by atomic mass is 10.0. The summed E-state index contributed by atoms with van der Waals surface area (Å²) in [6, 6.07) is -0.769. The van der Waals surface area contributed by atoms with Crippen LogP contribution in [-0.2, 0) is 18.4 Å². The van der Waals surface area contributed by atoms with Crippen molar-refractivity contribution in [2.45, 2.75) is 334 Å². The molecule has 0 aromatic heterocycles. The van der Waals surface area contributed by atoms with Crippen LogP contribution in [0.15, 0.2) is 0 Å². The van der Waals surface area contributed by atoms with Crippen molar-refractivity contribution in [2.75, 3.05) is 19.8 Å². The second kappa shape index (κ2) is 52.9. The summed E-state index contributed by atoms with van der Waals surface area (Å²) < 4.78 is 22.3. The van der Waals surface area contributed by atoms with Crippen molar-refractivity contribution in [3.05, 3.63) is 0 Å². The molecule has 0 aliphatic rings. The van der Waals surface area contributed by atoms with E-state index in [4.69, 9.17) is 14.8 Å². The van der Waals surface area contributed by atoms with Crippen LogP contribution in [0.3, 0.4) is 0 Å². The number of rotatable bonds is 56. The quantitative estimate of drug-likeness (QED) is 0.0353. The van der Waals surface area contributed by atoms with E-state index in [1.165, 1.54) is 257 Å². The fraction of sp³-hybridized carbons (Fsp3) is 0.982. The fourth-order valence-electron chi connectivity index (χ4n) is 9.32. The molecule has 5 N–H and O–H groups in total.